The number of likely N-dealkylation sites (tertiary alicyclic amines) is 1. The highest BCUT2D eigenvalue weighted by molar-refractivity contribution is 5.77. The molecule has 5 nitrogen and oxygen atoms in total. The summed E-state index contributed by atoms with van der Waals surface area (Å²) in [4.78, 5) is 7.45. The minimum Gasteiger partial charge on any atom is -0.497 e. The summed E-state index contributed by atoms with van der Waals surface area (Å²) in [6, 6.07) is 13.5. The third-order valence-corrected chi connectivity index (χ3v) is 7.21. The predicted octanol–water partition coefficient (Wildman–Crippen LogP) is 4.34. The van der Waals surface area contributed by atoms with Gasteiger partial charge < -0.3 is 18.9 Å². The zero-order chi connectivity index (χ0) is 21.5. The lowest BCUT2D eigenvalue weighted by Crippen LogP contribution is -2.47. The van der Waals surface area contributed by atoms with Crippen molar-refractivity contribution < 1.29 is 9.47 Å². The normalized spacial score (nSPS) is 23.9. The first-order valence-corrected chi connectivity index (χ1v) is 11.4. The van der Waals surface area contributed by atoms with Crippen LogP contribution in [0.25, 0.3) is 11.0 Å². The highest BCUT2D eigenvalue weighted by atomic mass is 16.5. The van der Waals surface area contributed by atoms with E-state index in [2.05, 4.69) is 59.7 Å². The summed E-state index contributed by atoms with van der Waals surface area (Å²) < 4.78 is 13.9. The summed E-state index contributed by atoms with van der Waals surface area (Å²) >= 11 is 0. The molecule has 1 aromatic heterocycles. The van der Waals surface area contributed by atoms with Gasteiger partial charge in [0.05, 0.1) is 30.3 Å². The van der Waals surface area contributed by atoms with Crippen molar-refractivity contribution in [3.05, 3.63) is 58.9 Å². The minimum absolute atomic E-state index is 0.176. The Bertz CT molecular complexity index is 1090. The average Bonchev–Trinajstić information content (AvgIpc) is 3.31. The molecular weight excluding hydrogens is 386 g/mol. The van der Waals surface area contributed by atoms with Crippen LogP contribution in [0.15, 0.2) is 36.4 Å². The molecule has 31 heavy (non-hydrogen) atoms. The molecule has 0 bridgehead atoms. The molecule has 164 valence electrons. The maximum Gasteiger partial charge on any atom is 0.119 e. The molecule has 1 saturated heterocycles. The van der Waals surface area contributed by atoms with Crippen molar-refractivity contribution in [3.8, 4) is 5.75 Å². The van der Waals surface area contributed by atoms with Crippen LogP contribution in [0.4, 0.5) is 0 Å². The van der Waals surface area contributed by atoms with E-state index in [1.54, 1.807) is 7.11 Å². The van der Waals surface area contributed by atoms with Crippen molar-refractivity contribution in [3.63, 3.8) is 0 Å². The van der Waals surface area contributed by atoms with Crippen molar-refractivity contribution >= 4 is 11.0 Å². The van der Waals surface area contributed by atoms with Gasteiger partial charge in [-0.1, -0.05) is 12.1 Å². The van der Waals surface area contributed by atoms with Gasteiger partial charge in [0.2, 0.25) is 0 Å². The highest BCUT2D eigenvalue weighted by Crippen LogP contribution is 2.34. The SMILES string of the molecule is COc1ccc2c(c1)CC(CN1CC[C@H](n3c(C)nc4cc(C)ccc43)[C@@H](OC)C1)C2. The summed E-state index contributed by atoms with van der Waals surface area (Å²) in [7, 11) is 3.60. The highest BCUT2D eigenvalue weighted by Gasteiger charge is 2.34. The molecule has 0 N–H and O–H groups in total. The summed E-state index contributed by atoms with van der Waals surface area (Å²) in [6.07, 6.45) is 3.58. The molecule has 0 spiro atoms. The Hall–Kier alpha value is -2.37. The van der Waals surface area contributed by atoms with E-state index in [0.717, 1.165) is 49.6 Å². The van der Waals surface area contributed by atoms with Gasteiger partial charge in [0.25, 0.3) is 0 Å². The standard InChI is InChI=1S/C26H33N3O2/c1-17-5-8-24-23(11-17)27-18(2)29(24)25-9-10-28(16-26(25)31-4)15-19-12-20-6-7-22(30-3)14-21(20)13-19/h5-8,11,14,19,25-26H,9-10,12-13,15-16H2,1-4H3/t19?,25-,26-/m0/s1. The van der Waals surface area contributed by atoms with Crippen LogP contribution < -0.4 is 4.74 Å². The zero-order valence-corrected chi connectivity index (χ0v) is 19.1. The van der Waals surface area contributed by atoms with Crippen LogP contribution >= 0.6 is 0 Å². The smallest absolute Gasteiger partial charge is 0.119 e. The second-order valence-corrected chi connectivity index (χ2v) is 9.32. The summed E-state index contributed by atoms with van der Waals surface area (Å²) in [6.45, 7) is 7.46. The summed E-state index contributed by atoms with van der Waals surface area (Å²) in [5.41, 5.74) is 6.52. The number of fused-ring (bicyclic) bond motifs is 2. The average molecular weight is 420 g/mol. The lowest BCUT2D eigenvalue weighted by Gasteiger charge is -2.40. The molecular formula is C26H33N3O2. The molecule has 1 fully saturated rings. The minimum atomic E-state index is 0.176. The predicted molar refractivity (Wildman–Crippen MR) is 124 cm³/mol. The fourth-order valence-electron chi connectivity index (χ4n) is 5.72. The number of hydrogen-bond acceptors (Lipinski definition) is 4. The molecule has 1 unspecified atom stereocenters. The number of piperidine rings is 1. The van der Waals surface area contributed by atoms with Gasteiger partial charge in [0, 0.05) is 26.7 Å². The molecule has 2 aliphatic rings. The first kappa shape index (κ1) is 20.5. The Balaban J connectivity index is 1.29. The van der Waals surface area contributed by atoms with Crippen molar-refractivity contribution in [2.45, 2.75) is 45.3 Å². The molecule has 3 aromatic rings. The Morgan fingerprint density at radius 2 is 1.87 bits per heavy atom. The first-order valence-electron chi connectivity index (χ1n) is 11.4. The van der Waals surface area contributed by atoms with E-state index >= 15 is 0 Å². The lowest BCUT2D eigenvalue weighted by atomic mass is 9.98. The lowest BCUT2D eigenvalue weighted by molar-refractivity contribution is -0.00928. The number of nitrogens with zero attached hydrogens (tertiary/aromatic N) is 3. The first-order chi connectivity index (χ1) is 15.1. The molecule has 1 aliphatic heterocycles. The number of aryl methyl sites for hydroxylation is 2. The summed E-state index contributed by atoms with van der Waals surface area (Å²) in [5.74, 6) is 2.73. The Morgan fingerprint density at radius 3 is 2.68 bits per heavy atom. The number of benzene rings is 2. The van der Waals surface area contributed by atoms with Gasteiger partial charge in [-0.25, -0.2) is 4.98 Å². The molecule has 0 amide bonds. The Morgan fingerprint density at radius 1 is 1.03 bits per heavy atom. The second-order valence-electron chi connectivity index (χ2n) is 9.32. The number of methoxy groups -OCH3 is 2. The maximum absolute atomic E-state index is 6.04. The molecule has 3 atom stereocenters. The second kappa shape index (κ2) is 8.29. The summed E-state index contributed by atoms with van der Waals surface area (Å²) in [5, 5.41) is 0. The fraction of sp³-hybridized carbons (Fsp3) is 0.500. The van der Waals surface area contributed by atoms with Crippen molar-refractivity contribution in [1.29, 1.82) is 0 Å². The van der Waals surface area contributed by atoms with Crippen molar-refractivity contribution in [2.24, 2.45) is 5.92 Å². The van der Waals surface area contributed by atoms with Crippen LogP contribution in [0, 0.1) is 19.8 Å². The number of imidazole rings is 1. The molecule has 2 heterocycles. The monoisotopic (exact) mass is 419 g/mol. The largest absolute Gasteiger partial charge is 0.497 e. The van der Waals surface area contributed by atoms with Gasteiger partial charge in [-0.3, -0.25) is 0 Å². The van der Waals surface area contributed by atoms with Crippen LogP contribution in [0.5, 0.6) is 5.75 Å². The molecule has 2 aromatic carbocycles. The van der Waals surface area contributed by atoms with E-state index in [9.17, 15) is 0 Å². The van der Waals surface area contributed by atoms with E-state index < -0.39 is 0 Å². The molecule has 1 aliphatic carbocycles. The number of rotatable bonds is 5. The van der Waals surface area contributed by atoms with E-state index in [1.165, 1.54) is 28.6 Å². The van der Waals surface area contributed by atoms with Crippen LogP contribution in [-0.4, -0.2) is 54.4 Å². The van der Waals surface area contributed by atoms with Gasteiger partial charge in [-0.2, -0.15) is 0 Å². The van der Waals surface area contributed by atoms with Crippen molar-refractivity contribution in [2.75, 3.05) is 33.9 Å². The van der Waals surface area contributed by atoms with Gasteiger partial charge >= 0.3 is 0 Å². The fourth-order valence-corrected chi connectivity index (χ4v) is 5.72. The van der Waals surface area contributed by atoms with Crippen LogP contribution in [0.1, 0.15) is 35.0 Å². The Labute approximate surface area is 185 Å². The topological polar surface area (TPSA) is 39.5 Å². The number of ether oxygens (including phenoxy) is 2. The maximum atomic E-state index is 6.04. The van der Waals surface area contributed by atoms with Gasteiger partial charge in [-0.15, -0.1) is 0 Å². The van der Waals surface area contributed by atoms with Crippen LogP contribution in [0.2, 0.25) is 0 Å². The van der Waals surface area contributed by atoms with Gasteiger partial charge in [0.1, 0.15) is 11.6 Å². The molecule has 5 rings (SSSR count). The molecule has 0 saturated carbocycles. The Kier molecular flexibility index (Phi) is 5.49. The van der Waals surface area contributed by atoms with E-state index in [4.69, 9.17) is 14.5 Å². The van der Waals surface area contributed by atoms with Gasteiger partial charge in [0.15, 0.2) is 0 Å². The van der Waals surface area contributed by atoms with Crippen molar-refractivity contribution in [1.82, 2.24) is 14.5 Å². The number of hydrogen-bond donors (Lipinski definition) is 0. The van der Waals surface area contributed by atoms with Crippen LogP contribution in [0.3, 0.4) is 0 Å². The van der Waals surface area contributed by atoms with E-state index in [-0.39, 0.29) is 6.10 Å². The van der Waals surface area contributed by atoms with E-state index in [0.29, 0.717) is 12.0 Å². The van der Waals surface area contributed by atoms with E-state index in [1.807, 2.05) is 7.11 Å². The third-order valence-electron chi connectivity index (χ3n) is 7.21. The van der Waals surface area contributed by atoms with Crippen LogP contribution in [-0.2, 0) is 17.6 Å². The number of aromatic nitrogens is 2. The third kappa shape index (κ3) is 3.85. The zero-order valence-electron chi connectivity index (χ0n) is 19.1. The molecule has 5 heteroatoms. The molecule has 0 radical (unpaired) electrons. The van der Waals surface area contributed by atoms with Gasteiger partial charge in [-0.05, 0) is 80.0 Å². The quantitative estimate of drug-likeness (QED) is 0.617.